The van der Waals surface area contributed by atoms with Crippen molar-refractivity contribution >= 4 is 29.0 Å². The molecule has 2 saturated carbocycles. The van der Waals surface area contributed by atoms with Gasteiger partial charge in [0.2, 0.25) is 5.78 Å². The zero-order chi connectivity index (χ0) is 38.0. The number of amides is 1. The normalized spacial score (nSPS) is 32.2. The van der Waals surface area contributed by atoms with E-state index in [0.29, 0.717) is 61.8 Å². The van der Waals surface area contributed by atoms with E-state index in [2.05, 4.69) is 26.0 Å². The van der Waals surface area contributed by atoms with Gasteiger partial charge in [-0.1, -0.05) is 74.9 Å². The van der Waals surface area contributed by atoms with E-state index in [-0.39, 0.29) is 36.7 Å². The Balaban J connectivity index is 1.32. The van der Waals surface area contributed by atoms with Crippen LogP contribution in [0.5, 0.6) is 0 Å². The minimum Gasteiger partial charge on any atom is -0.448 e. The highest BCUT2D eigenvalue weighted by atomic mass is 32.1. The Morgan fingerprint density at radius 3 is 2.36 bits per heavy atom. The summed E-state index contributed by atoms with van der Waals surface area (Å²) in [6, 6.07) is 19.8. The molecule has 4 aliphatic carbocycles. The number of aryl methyl sites for hydroxylation is 1. The Labute approximate surface area is 318 Å². The summed E-state index contributed by atoms with van der Waals surface area (Å²) in [6.07, 6.45) is 7.01. The van der Waals surface area contributed by atoms with Crippen LogP contribution in [0.3, 0.4) is 0 Å². The molecule has 8 rings (SSSR count). The first kappa shape index (κ1) is 37.7. The first-order valence-electron chi connectivity index (χ1n) is 19.4. The molecule has 53 heavy (non-hydrogen) atoms. The molecule has 3 fully saturated rings. The molecule has 6 atom stereocenters. The van der Waals surface area contributed by atoms with E-state index in [1.54, 1.807) is 4.90 Å². The van der Waals surface area contributed by atoms with Crippen molar-refractivity contribution in [3.63, 3.8) is 0 Å². The third-order valence-electron chi connectivity index (χ3n) is 14.3. The van der Waals surface area contributed by atoms with E-state index in [4.69, 9.17) is 4.74 Å². The van der Waals surface area contributed by atoms with Crippen LogP contribution >= 0.6 is 11.3 Å². The molecule has 2 aromatic carbocycles. The lowest BCUT2D eigenvalue weighted by Crippen LogP contribution is -2.60. The van der Waals surface area contributed by atoms with Gasteiger partial charge in [-0.2, -0.15) is 0 Å². The van der Waals surface area contributed by atoms with Gasteiger partial charge in [-0.05, 0) is 119 Å². The Bertz CT molecular complexity index is 1950. The average Bonchev–Trinajstić information content (AvgIpc) is 3.77. The molecule has 0 radical (unpaired) electrons. The van der Waals surface area contributed by atoms with Crippen molar-refractivity contribution in [1.82, 2.24) is 4.90 Å². The maximum absolute atomic E-state index is 15.1. The fourth-order valence-electron chi connectivity index (χ4n) is 10.2. The molecule has 7 nitrogen and oxygen atoms in total. The summed E-state index contributed by atoms with van der Waals surface area (Å²) in [5.41, 5.74) is -0.258. The molecule has 3 aromatic rings. The van der Waals surface area contributed by atoms with Crippen LogP contribution in [-0.2, 0) is 27.3 Å². The van der Waals surface area contributed by atoms with Crippen molar-refractivity contribution in [3.05, 3.63) is 104 Å². The van der Waals surface area contributed by atoms with Crippen LogP contribution in [0.4, 0.5) is 0 Å². The van der Waals surface area contributed by atoms with E-state index in [1.807, 2.05) is 82.3 Å². The summed E-state index contributed by atoms with van der Waals surface area (Å²) in [4.78, 5) is 46.4. The summed E-state index contributed by atoms with van der Waals surface area (Å²) >= 11 is 1.48. The second-order valence-electron chi connectivity index (χ2n) is 17.5. The van der Waals surface area contributed by atoms with E-state index in [1.165, 1.54) is 16.9 Å². The van der Waals surface area contributed by atoms with Crippen LogP contribution in [0.2, 0.25) is 0 Å². The minimum absolute atomic E-state index is 0.0374. The lowest BCUT2D eigenvalue weighted by Gasteiger charge is -2.47. The van der Waals surface area contributed by atoms with Gasteiger partial charge < -0.3 is 19.8 Å². The van der Waals surface area contributed by atoms with Crippen molar-refractivity contribution < 1.29 is 29.3 Å². The van der Waals surface area contributed by atoms with Gasteiger partial charge in [0, 0.05) is 27.8 Å². The zero-order valence-corrected chi connectivity index (χ0v) is 33.0. The third kappa shape index (κ3) is 6.13. The monoisotopic (exact) mass is 737 g/mol. The van der Waals surface area contributed by atoms with Crippen LogP contribution in [0.25, 0.3) is 0 Å². The van der Waals surface area contributed by atoms with E-state index in [9.17, 15) is 19.8 Å². The Kier molecular flexibility index (Phi) is 9.69. The summed E-state index contributed by atoms with van der Waals surface area (Å²) in [6.45, 7) is 12.5. The third-order valence-corrected chi connectivity index (χ3v) is 15.3. The number of nitrogens with zero attached hydrogens (tertiary/aromatic N) is 1. The van der Waals surface area contributed by atoms with E-state index < -0.39 is 33.6 Å². The lowest BCUT2D eigenvalue weighted by atomic mass is 9.64. The second-order valence-corrected chi connectivity index (χ2v) is 18.8. The van der Waals surface area contributed by atoms with Crippen LogP contribution < -0.4 is 0 Å². The number of carbonyl (C=O) groups excluding carboxylic acids is 3. The lowest BCUT2D eigenvalue weighted by molar-refractivity contribution is -0.178. The van der Waals surface area contributed by atoms with Crippen LogP contribution in [0, 0.1) is 23.2 Å². The van der Waals surface area contributed by atoms with Gasteiger partial charge in [-0.15, -0.1) is 11.3 Å². The summed E-state index contributed by atoms with van der Waals surface area (Å²) in [5, 5.41) is 24.2. The number of hydrogen-bond acceptors (Lipinski definition) is 7. The number of aliphatic hydroxyl groups is 2. The summed E-state index contributed by atoms with van der Waals surface area (Å²) in [7, 11) is 0. The summed E-state index contributed by atoms with van der Waals surface area (Å²) < 4.78 is 6.14. The quantitative estimate of drug-likeness (QED) is 0.143. The first-order chi connectivity index (χ1) is 25.0. The zero-order valence-electron chi connectivity index (χ0n) is 32.2. The fourth-order valence-corrected chi connectivity index (χ4v) is 11.0. The van der Waals surface area contributed by atoms with Crippen LogP contribution in [-0.4, -0.2) is 56.6 Å². The number of thiophene rings is 1. The molecule has 1 amide bonds. The highest BCUT2D eigenvalue weighted by molar-refractivity contribution is 7.14. The Morgan fingerprint density at radius 2 is 1.70 bits per heavy atom. The molecule has 1 saturated heterocycles. The largest absolute Gasteiger partial charge is 0.448 e. The molecule has 8 heteroatoms. The number of allylic oxidation sites excluding steroid dienone is 2. The van der Waals surface area contributed by atoms with Gasteiger partial charge in [-0.25, -0.2) is 0 Å². The molecular formula is C45H55NO6S. The molecule has 0 spiro atoms. The average molecular weight is 738 g/mol. The molecule has 2 N–H and O–H groups in total. The number of esters is 1. The maximum atomic E-state index is 15.1. The molecule has 2 heterocycles. The number of ether oxygens (including phenoxy) is 1. The van der Waals surface area contributed by atoms with Gasteiger partial charge >= 0.3 is 5.97 Å². The van der Waals surface area contributed by atoms with Crippen molar-refractivity contribution in [2.45, 2.75) is 129 Å². The maximum Gasteiger partial charge on any atom is 0.313 e. The van der Waals surface area contributed by atoms with Crippen molar-refractivity contribution in [3.8, 4) is 0 Å². The fraction of sp³-hybridized carbons (Fsp3) is 0.533. The number of carbonyl (C=O) groups is 3. The van der Waals surface area contributed by atoms with Gasteiger partial charge in [0.15, 0.2) is 5.60 Å². The standard InChI is InChI=1S/C45H55NO6S/c1-29-11-10-21-42(5)36(34-18-16-32(25-33(47)17-14-29)26-35(34)38(48)37-19-15-30(2)53-37)20-22-44(42,51)28-46(27-31-12-8-7-9-13-31)39(49)45-24-23-43(6,40(50)52-45)41(45,3)4/h7-9,11-13,15-16,18-19,26,33,36,47,51H,10,14,17,20-25,27-28H2,1-6H3/t33-,36-,42-,43-,44+,45+/m0/s1. The molecule has 282 valence electrons. The molecular weight excluding hydrogens is 683 g/mol. The molecule has 1 aliphatic heterocycles. The Hall–Kier alpha value is -3.59. The SMILES string of the molecule is CC1=CCC[C@@]2(C)[C@@H](CC[C@@]2(O)CN(Cc2ccccc2)C(=O)[C@@]23CC[C@@](C)(C(=O)O2)C3(C)C)c2ccc(cc2C(=O)c2ccc(C)s2)C[C@@H](O)CC1. The van der Waals surface area contributed by atoms with E-state index in [0.717, 1.165) is 28.0 Å². The van der Waals surface area contributed by atoms with Crippen LogP contribution in [0.1, 0.15) is 129 Å². The highest BCUT2D eigenvalue weighted by Gasteiger charge is 2.76. The van der Waals surface area contributed by atoms with Gasteiger partial charge in [0.05, 0.1) is 28.5 Å². The van der Waals surface area contributed by atoms with Crippen molar-refractivity contribution in [1.29, 1.82) is 0 Å². The smallest absolute Gasteiger partial charge is 0.313 e. The second kappa shape index (κ2) is 13.6. The number of hydrogen-bond donors (Lipinski definition) is 2. The molecule has 0 unspecified atom stereocenters. The number of benzene rings is 2. The number of fused-ring (bicyclic) bond motifs is 10. The minimum atomic E-state index is -1.32. The number of aliphatic hydroxyl groups excluding tert-OH is 1. The van der Waals surface area contributed by atoms with Gasteiger partial charge in [-0.3, -0.25) is 14.4 Å². The van der Waals surface area contributed by atoms with Crippen molar-refractivity contribution in [2.24, 2.45) is 16.2 Å². The topological polar surface area (TPSA) is 104 Å². The molecule has 1 aromatic heterocycles. The van der Waals surface area contributed by atoms with Gasteiger partial charge in [0.1, 0.15) is 0 Å². The summed E-state index contributed by atoms with van der Waals surface area (Å²) in [5.74, 6) is -0.782. The van der Waals surface area contributed by atoms with E-state index >= 15 is 4.79 Å². The van der Waals surface area contributed by atoms with Crippen LogP contribution in [0.15, 0.2) is 72.3 Å². The first-order valence-corrected chi connectivity index (χ1v) is 20.2. The predicted molar refractivity (Wildman–Crippen MR) is 208 cm³/mol. The predicted octanol–water partition coefficient (Wildman–Crippen LogP) is 8.48. The Morgan fingerprint density at radius 1 is 0.943 bits per heavy atom. The highest BCUT2D eigenvalue weighted by Crippen LogP contribution is 2.66. The number of rotatable bonds is 7. The molecule has 4 bridgehead atoms. The molecule has 5 aliphatic rings. The van der Waals surface area contributed by atoms with Crippen molar-refractivity contribution in [2.75, 3.05) is 6.54 Å². The number of ketones is 1. The van der Waals surface area contributed by atoms with Gasteiger partial charge in [0.25, 0.3) is 5.91 Å².